The monoisotopic (exact) mass is 260 g/mol. The summed E-state index contributed by atoms with van der Waals surface area (Å²) < 4.78 is 0. The van der Waals surface area contributed by atoms with E-state index in [2.05, 4.69) is 20.5 Å². The van der Waals surface area contributed by atoms with Crippen LogP contribution in [0.5, 0.6) is 0 Å². The molecule has 6 heteroatoms. The maximum absolute atomic E-state index is 12.0. The van der Waals surface area contributed by atoms with Crippen molar-refractivity contribution in [3.05, 3.63) is 36.3 Å². The van der Waals surface area contributed by atoms with E-state index >= 15 is 0 Å². The fourth-order valence-electron chi connectivity index (χ4n) is 1.52. The first-order valence-corrected chi connectivity index (χ1v) is 5.91. The van der Waals surface area contributed by atoms with Gasteiger partial charge in [0.25, 0.3) is 5.91 Å². The Morgan fingerprint density at radius 3 is 2.74 bits per heavy atom. The topological polar surface area (TPSA) is 90.9 Å². The minimum atomic E-state index is -0.668. The minimum Gasteiger partial charge on any atom is -0.394 e. The highest BCUT2D eigenvalue weighted by Crippen LogP contribution is 2.16. The standard InChI is InChI=1S/C13H16N4O2/c1-13(2,8-18)15-12(19)11-7-10(16-17-11)9-3-5-14-6-4-9/h3-7,18H,8H2,1-2H3,(H,15,19)(H,16,17). The quantitative estimate of drug-likeness (QED) is 0.764. The Morgan fingerprint density at radius 1 is 1.42 bits per heavy atom. The van der Waals surface area contributed by atoms with E-state index in [4.69, 9.17) is 5.11 Å². The smallest absolute Gasteiger partial charge is 0.269 e. The molecule has 2 rings (SSSR count). The predicted molar refractivity (Wildman–Crippen MR) is 70.4 cm³/mol. The zero-order valence-electron chi connectivity index (χ0n) is 10.8. The number of aliphatic hydroxyl groups is 1. The molecule has 1 amide bonds. The highest BCUT2D eigenvalue weighted by Gasteiger charge is 2.21. The van der Waals surface area contributed by atoms with Gasteiger partial charge in [0.2, 0.25) is 0 Å². The summed E-state index contributed by atoms with van der Waals surface area (Å²) in [5.74, 6) is -0.299. The highest BCUT2D eigenvalue weighted by atomic mass is 16.3. The third-order valence-corrected chi connectivity index (χ3v) is 2.65. The SMILES string of the molecule is CC(C)(CO)NC(=O)c1cc(-c2ccncc2)n[nH]1. The average Bonchev–Trinajstić information content (AvgIpc) is 2.89. The number of carbonyl (C=O) groups is 1. The van der Waals surface area contributed by atoms with Crippen LogP contribution < -0.4 is 5.32 Å². The normalized spacial score (nSPS) is 11.3. The van der Waals surface area contributed by atoms with E-state index in [0.717, 1.165) is 5.56 Å². The van der Waals surface area contributed by atoms with Gasteiger partial charge in [0.15, 0.2) is 0 Å². The van der Waals surface area contributed by atoms with Crippen molar-refractivity contribution >= 4 is 5.91 Å². The van der Waals surface area contributed by atoms with Crippen molar-refractivity contribution in [2.45, 2.75) is 19.4 Å². The summed E-state index contributed by atoms with van der Waals surface area (Å²) in [6.45, 7) is 3.35. The van der Waals surface area contributed by atoms with Crippen LogP contribution in [0.15, 0.2) is 30.6 Å². The summed E-state index contributed by atoms with van der Waals surface area (Å²) in [4.78, 5) is 15.9. The molecule has 0 atom stereocenters. The molecule has 2 heterocycles. The number of aromatic amines is 1. The molecule has 0 fully saturated rings. The van der Waals surface area contributed by atoms with Gasteiger partial charge in [-0.05, 0) is 32.0 Å². The molecule has 0 aliphatic carbocycles. The van der Waals surface area contributed by atoms with E-state index in [1.165, 1.54) is 0 Å². The predicted octanol–water partition coefficient (Wildman–Crippen LogP) is 0.972. The fourth-order valence-corrected chi connectivity index (χ4v) is 1.52. The number of hydrogen-bond donors (Lipinski definition) is 3. The largest absolute Gasteiger partial charge is 0.394 e. The van der Waals surface area contributed by atoms with Crippen LogP contribution >= 0.6 is 0 Å². The molecule has 6 nitrogen and oxygen atoms in total. The number of H-pyrrole nitrogens is 1. The van der Waals surface area contributed by atoms with Crippen molar-refractivity contribution in [3.8, 4) is 11.3 Å². The van der Waals surface area contributed by atoms with Gasteiger partial charge in [0, 0.05) is 18.0 Å². The maximum atomic E-state index is 12.0. The second-order valence-electron chi connectivity index (χ2n) is 4.90. The molecule has 100 valence electrons. The van der Waals surface area contributed by atoms with Crippen LogP contribution in [0.3, 0.4) is 0 Å². The van der Waals surface area contributed by atoms with Crippen LogP contribution in [-0.2, 0) is 0 Å². The van der Waals surface area contributed by atoms with Crippen molar-refractivity contribution in [1.82, 2.24) is 20.5 Å². The molecular weight excluding hydrogens is 244 g/mol. The number of hydrogen-bond acceptors (Lipinski definition) is 4. The van der Waals surface area contributed by atoms with E-state index in [-0.39, 0.29) is 12.5 Å². The second kappa shape index (κ2) is 5.19. The summed E-state index contributed by atoms with van der Waals surface area (Å²) in [5, 5.41) is 18.6. The van der Waals surface area contributed by atoms with Crippen LogP contribution in [0.4, 0.5) is 0 Å². The van der Waals surface area contributed by atoms with E-state index in [1.807, 2.05) is 12.1 Å². The minimum absolute atomic E-state index is 0.135. The van der Waals surface area contributed by atoms with E-state index in [9.17, 15) is 4.79 Å². The molecule has 3 N–H and O–H groups in total. The number of carbonyl (C=O) groups excluding carboxylic acids is 1. The zero-order chi connectivity index (χ0) is 13.9. The van der Waals surface area contributed by atoms with Crippen LogP contribution in [0.1, 0.15) is 24.3 Å². The van der Waals surface area contributed by atoms with Gasteiger partial charge in [-0.15, -0.1) is 0 Å². The van der Waals surface area contributed by atoms with E-state index in [1.54, 1.807) is 32.3 Å². The molecule has 0 aliphatic rings. The molecule has 0 saturated carbocycles. The van der Waals surface area contributed by atoms with E-state index < -0.39 is 5.54 Å². The van der Waals surface area contributed by atoms with Crippen LogP contribution in [0, 0.1) is 0 Å². The van der Waals surface area contributed by atoms with E-state index in [0.29, 0.717) is 11.4 Å². The fraction of sp³-hybridized carbons (Fsp3) is 0.308. The Hall–Kier alpha value is -2.21. The molecule has 0 spiro atoms. The Balaban J connectivity index is 2.16. The molecular formula is C13H16N4O2. The molecule has 2 aromatic rings. The van der Waals surface area contributed by atoms with Gasteiger partial charge in [0.05, 0.1) is 17.8 Å². The number of rotatable bonds is 4. The highest BCUT2D eigenvalue weighted by molar-refractivity contribution is 5.93. The van der Waals surface area contributed by atoms with Crippen LogP contribution in [-0.4, -0.2) is 38.3 Å². The molecule has 0 aliphatic heterocycles. The van der Waals surface area contributed by atoms with Crippen molar-refractivity contribution in [1.29, 1.82) is 0 Å². The van der Waals surface area contributed by atoms with Gasteiger partial charge in [-0.1, -0.05) is 0 Å². The molecule has 0 aromatic carbocycles. The first-order valence-electron chi connectivity index (χ1n) is 5.91. The van der Waals surface area contributed by atoms with Gasteiger partial charge in [-0.25, -0.2) is 0 Å². The Morgan fingerprint density at radius 2 is 2.11 bits per heavy atom. The van der Waals surface area contributed by atoms with Crippen molar-refractivity contribution in [2.75, 3.05) is 6.61 Å². The molecule has 2 aromatic heterocycles. The van der Waals surface area contributed by atoms with Crippen molar-refractivity contribution < 1.29 is 9.90 Å². The molecule has 0 radical (unpaired) electrons. The Kier molecular flexibility index (Phi) is 3.62. The summed E-state index contributed by atoms with van der Waals surface area (Å²) >= 11 is 0. The molecule has 0 bridgehead atoms. The lowest BCUT2D eigenvalue weighted by Crippen LogP contribution is -2.46. The van der Waals surface area contributed by atoms with Crippen molar-refractivity contribution in [3.63, 3.8) is 0 Å². The summed E-state index contributed by atoms with van der Waals surface area (Å²) in [5.41, 5.74) is 1.24. The summed E-state index contributed by atoms with van der Waals surface area (Å²) in [6, 6.07) is 5.29. The summed E-state index contributed by atoms with van der Waals surface area (Å²) in [6.07, 6.45) is 3.33. The second-order valence-corrected chi connectivity index (χ2v) is 4.90. The van der Waals surface area contributed by atoms with Crippen LogP contribution in [0.2, 0.25) is 0 Å². The number of aromatic nitrogens is 3. The third kappa shape index (κ3) is 3.17. The number of nitrogens with one attached hydrogen (secondary N) is 2. The first kappa shape index (κ1) is 13.2. The number of pyridine rings is 1. The van der Waals surface area contributed by atoms with Gasteiger partial charge in [-0.3, -0.25) is 14.9 Å². The Bertz CT molecular complexity index is 563. The first-order chi connectivity index (χ1) is 9.02. The lowest BCUT2D eigenvalue weighted by atomic mass is 10.1. The van der Waals surface area contributed by atoms with Gasteiger partial charge in [0.1, 0.15) is 5.69 Å². The molecule has 0 unspecified atom stereocenters. The third-order valence-electron chi connectivity index (χ3n) is 2.65. The number of nitrogens with zero attached hydrogens (tertiary/aromatic N) is 2. The molecule has 0 saturated heterocycles. The maximum Gasteiger partial charge on any atom is 0.269 e. The van der Waals surface area contributed by atoms with Gasteiger partial charge in [-0.2, -0.15) is 5.10 Å². The van der Waals surface area contributed by atoms with Gasteiger partial charge < -0.3 is 10.4 Å². The van der Waals surface area contributed by atoms with Gasteiger partial charge >= 0.3 is 0 Å². The van der Waals surface area contributed by atoms with Crippen molar-refractivity contribution in [2.24, 2.45) is 0 Å². The Labute approximate surface area is 110 Å². The molecule has 19 heavy (non-hydrogen) atoms. The zero-order valence-corrected chi connectivity index (χ0v) is 10.8. The lowest BCUT2D eigenvalue weighted by Gasteiger charge is -2.22. The number of aliphatic hydroxyl groups excluding tert-OH is 1. The number of amides is 1. The van der Waals surface area contributed by atoms with Crippen LogP contribution in [0.25, 0.3) is 11.3 Å². The average molecular weight is 260 g/mol. The lowest BCUT2D eigenvalue weighted by molar-refractivity contribution is 0.0864. The summed E-state index contributed by atoms with van der Waals surface area (Å²) in [7, 11) is 0.